The van der Waals surface area contributed by atoms with E-state index in [0.29, 0.717) is 6.61 Å². The number of imide groups is 1. The zero-order valence-electron chi connectivity index (χ0n) is 13.0. The first-order chi connectivity index (χ1) is 10.6. The number of ether oxygens (including phenoxy) is 1. The van der Waals surface area contributed by atoms with Crippen LogP contribution in [0.3, 0.4) is 0 Å². The van der Waals surface area contributed by atoms with Crippen LogP contribution in [0.25, 0.3) is 0 Å². The number of urea groups is 1. The fourth-order valence-corrected chi connectivity index (χ4v) is 1.98. The maximum Gasteiger partial charge on any atom is 0.321 e. The van der Waals surface area contributed by atoms with Crippen molar-refractivity contribution in [2.45, 2.75) is 32.4 Å². The van der Waals surface area contributed by atoms with Crippen molar-refractivity contribution in [3.8, 4) is 0 Å². The molecule has 1 saturated carbocycles. The van der Waals surface area contributed by atoms with Crippen LogP contribution in [0.1, 0.15) is 25.3 Å². The number of hydrogen-bond acceptors (Lipinski definition) is 4. The zero-order valence-corrected chi connectivity index (χ0v) is 13.0. The fourth-order valence-electron chi connectivity index (χ4n) is 1.98. The molecule has 6 nitrogen and oxygen atoms in total. The van der Waals surface area contributed by atoms with Gasteiger partial charge in [-0.05, 0) is 43.4 Å². The molecule has 0 aliphatic heterocycles. The summed E-state index contributed by atoms with van der Waals surface area (Å²) in [5, 5.41) is 7.66. The molecule has 0 aromatic heterocycles. The van der Waals surface area contributed by atoms with E-state index in [0.717, 1.165) is 23.8 Å². The first-order valence-electron chi connectivity index (χ1n) is 7.54. The maximum absolute atomic E-state index is 11.8. The van der Waals surface area contributed by atoms with Crippen LogP contribution in [0, 0.1) is 5.92 Å². The minimum absolute atomic E-state index is 0.380. The van der Waals surface area contributed by atoms with Crippen molar-refractivity contribution in [1.29, 1.82) is 0 Å². The molecule has 3 amide bonds. The van der Waals surface area contributed by atoms with Gasteiger partial charge in [-0.3, -0.25) is 10.1 Å². The van der Waals surface area contributed by atoms with Crippen molar-refractivity contribution < 1.29 is 14.3 Å². The number of anilines is 1. The summed E-state index contributed by atoms with van der Waals surface area (Å²) in [5.74, 6) is 0.365. The largest absolute Gasteiger partial charge is 0.376 e. The van der Waals surface area contributed by atoms with Crippen LogP contribution in [0.2, 0.25) is 0 Å². The van der Waals surface area contributed by atoms with Crippen LogP contribution in [0.5, 0.6) is 0 Å². The topological polar surface area (TPSA) is 79.5 Å². The zero-order chi connectivity index (χ0) is 15.9. The smallest absolute Gasteiger partial charge is 0.321 e. The monoisotopic (exact) mass is 305 g/mol. The molecule has 0 bridgehead atoms. The van der Waals surface area contributed by atoms with Gasteiger partial charge in [0.15, 0.2) is 0 Å². The summed E-state index contributed by atoms with van der Waals surface area (Å²) in [5.41, 5.74) is 1.89. The van der Waals surface area contributed by atoms with Gasteiger partial charge in [0.05, 0.1) is 6.61 Å². The minimum atomic E-state index is -0.514. The lowest BCUT2D eigenvalue weighted by Crippen LogP contribution is -2.44. The average Bonchev–Trinajstić information content (AvgIpc) is 3.31. The Kier molecular flexibility index (Phi) is 5.77. The fraction of sp³-hybridized carbons (Fsp3) is 0.500. The van der Waals surface area contributed by atoms with Crippen molar-refractivity contribution in [1.82, 2.24) is 10.6 Å². The number of carbonyl (C=O) groups excluding carboxylic acids is 2. The van der Waals surface area contributed by atoms with E-state index in [1.807, 2.05) is 24.3 Å². The lowest BCUT2D eigenvalue weighted by molar-refractivity contribution is -0.120. The third kappa shape index (κ3) is 5.37. The highest BCUT2D eigenvalue weighted by molar-refractivity contribution is 5.97. The van der Waals surface area contributed by atoms with E-state index >= 15 is 0 Å². The second kappa shape index (κ2) is 7.79. The summed E-state index contributed by atoms with van der Waals surface area (Å²) in [6.45, 7) is 3.10. The Hall–Kier alpha value is -2.08. The third-order valence-electron chi connectivity index (χ3n) is 3.49. The lowest BCUT2D eigenvalue weighted by Gasteiger charge is -2.15. The summed E-state index contributed by atoms with van der Waals surface area (Å²) in [4.78, 5) is 22.9. The predicted molar refractivity (Wildman–Crippen MR) is 84.5 cm³/mol. The molecule has 1 aromatic rings. The Labute approximate surface area is 130 Å². The van der Waals surface area contributed by atoms with Gasteiger partial charge in [0, 0.05) is 19.3 Å². The molecule has 0 saturated heterocycles. The van der Waals surface area contributed by atoms with Crippen LogP contribution in [-0.4, -0.2) is 31.6 Å². The SMILES string of the molecule is CNC(=O)NC(=O)[C@H](C)Nc1cccc(COCC2CC2)c1. The van der Waals surface area contributed by atoms with Crippen molar-refractivity contribution in [2.75, 3.05) is 19.0 Å². The molecule has 0 unspecified atom stereocenters. The highest BCUT2D eigenvalue weighted by atomic mass is 16.5. The summed E-state index contributed by atoms with van der Waals surface area (Å²) in [7, 11) is 1.46. The Bertz CT molecular complexity index is 529. The van der Waals surface area contributed by atoms with Crippen LogP contribution >= 0.6 is 0 Å². The second-order valence-corrected chi connectivity index (χ2v) is 5.59. The van der Waals surface area contributed by atoms with E-state index in [4.69, 9.17) is 4.74 Å². The molecule has 22 heavy (non-hydrogen) atoms. The van der Waals surface area contributed by atoms with Crippen LogP contribution in [0.4, 0.5) is 10.5 Å². The molecule has 1 fully saturated rings. The molecule has 120 valence electrons. The van der Waals surface area contributed by atoms with Gasteiger partial charge >= 0.3 is 6.03 Å². The Morgan fingerprint density at radius 2 is 2.14 bits per heavy atom. The van der Waals surface area contributed by atoms with Crippen molar-refractivity contribution in [3.63, 3.8) is 0 Å². The third-order valence-corrected chi connectivity index (χ3v) is 3.49. The standard InChI is InChI=1S/C16H23N3O3/c1-11(15(20)19-16(21)17-2)18-14-5-3-4-13(8-14)10-22-9-12-6-7-12/h3-5,8,11-12,18H,6-7,9-10H2,1-2H3,(H2,17,19,20,21)/t11-/m0/s1. The van der Waals surface area contributed by atoms with Crippen molar-refractivity contribution >= 4 is 17.6 Å². The molecule has 1 atom stereocenters. The normalized spacial score (nSPS) is 15.0. The Morgan fingerprint density at radius 1 is 1.36 bits per heavy atom. The average molecular weight is 305 g/mol. The first kappa shape index (κ1) is 16.3. The van der Waals surface area contributed by atoms with Crippen molar-refractivity contribution in [2.24, 2.45) is 5.92 Å². The molecular weight excluding hydrogens is 282 g/mol. The van der Waals surface area contributed by atoms with Gasteiger partial charge in [-0.1, -0.05) is 12.1 Å². The molecule has 1 aromatic carbocycles. The highest BCUT2D eigenvalue weighted by Crippen LogP contribution is 2.29. The molecule has 0 heterocycles. The molecule has 0 spiro atoms. The van der Waals surface area contributed by atoms with Crippen LogP contribution < -0.4 is 16.0 Å². The molecule has 1 aliphatic carbocycles. The highest BCUT2D eigenvalue weighted by Gasteiger charge is 2.21. The van der Waals surface area contributed by atoms with E-state index in [-0.39, 0.29) is 5.91 Å². The number of amides is 3. The summed E-state index contributed by atoms with van der Waals surface area (Å²) < 4.78 is 5.66. The molecule has 1 aliphatic rings. The molecule has 3 N–H and O–H groups in total. The van der Waals surface area contributed by atoms with Crippen LogP contribution in [0.15, 0.2) is 24.3 Å². The van der Waals surface area contributed by atoms with E-state index in [9.17, 15) is 9.59 Å². The van der Waals surface area contributed by atoms with Gasteiger partial charge in [0.2, 0.25) is 5.91 Å². The van der Waals surface area contributed by atoms with Gasteiger partial charge in [-0.25, -0.2) is 4.79 Å². The van der Waals surface area contributed by atoms with Crippen LogP contribution in [-0.2, 0) is 16.1 Å². The number of nitrogens with one attached hydrogen (secondary N) is 3. The van der Waals surface area contributed by atoms with E-state index in [2.05, 4.69) is 16.0 Å². The molecule has 0 radical (unpaired) electrons. The Balaban J connectivity index is 1.82. The minimum Gasteiger partial charge on any atom is -0.376 e. The van der Waals surface area contributed by atoms with Gasteiger partial charge in [0.1, 0.15) is 6.04 Å². The predicted octanol–water partition coefficient (Wildman–Crippen LogP) is 1.87. The van der Waals surface area contributed by atoms with Gasteiger partial charge in [-0.2, -0.15) is 0 Å². The molecule has 2 rings (SSSR count). The number of benzene rings is 1. The number of rotatable bonds is 7. The summed E-state index contributed by atoms with van der Waals surface area (Å²) in [6, 6.07) is 6.72. The lowest BCUT2D eigenvalue weighted by atomic mass is 10.2. The maximum atomic E-state index is 11.8. The van der Waals surface area contributed by atoms with Gasteiger partial charge < -0.3 is 15.4 Å². The summed E-state index contributed by atoms with van der Waals surface area (Å²) >= 11 is 0. The van der Waals surface area contributed by atoms with E-state index in [1.165, 1.54) is 19.9 Å². The number of hydrogen-bond donors (Lipinski definition) is 3. The Morgan fingerprint density at radius 3 is 2.82 bits per heavy atom. The van der Waals surface area contributed by atoms with E-state index < -0.39 is 12.1 Å². The van der Waals surface area contributed by atoms with Gasteiger partial charge in [0.25, 0.3) is 0 Å². The molecular formula is C16H23N3O3. The first-order valence-corrected chi connectivity index (χ1v) is 7.54. The van der Waals surface area contributed by atoms with Crippen molar-refractivity contribution in [3.05, 3.63) is 29.8 Å². The second-order valence-electron chi connectivity index (χ2n) is 5.59. The summed E-state index contributed by atoms with van der Waals surface area (Å²) in [6.07, 6.45) is 2.55. The molecule has 6 heteroatoms. The quantitative estimate of drug-likeness (QED) is 0.718. The van der Waals surface area contributed by atoms with Gasteiger partial charge in [-0.15, -0.1) is 0 Å². The van der Waals surface area contributed by atoms with E-state index in [1.54, 1.807) is 6.92 Å². The number of carbonyl (C=O) groups is 2.